The number of benzene rings is 1. The van der Waals surface area contributed by atoms with Crippen molar-refractivity contribution in [1.29, 1.82) is 0 Å². The van der Waals surface area contributed by atoms with E-state index in [2.05, 4.69) is 20.1 Å². The zero-order valence-electron chi connectivity index (χ0n) is 9.52. The molecule has 0 saturated carbocycles. The molecule has 18 heavy (non-hydrogen) atoms. The summed E-state index contributed by atoms with van der Waals surface area (Å²) in [5.41, 5.74) is 11.8. The van der Waals surface area contributed by atoms with Gasteiger partial charge < -0.3 is 16.3 Å². The molecule has 0 bridgehead atoms. The largest absolute Gasteiger partial charge is 0.388 e. The van der Waals surface area contributed by atoms with Crippen LogP contribution in [0.3, 0.4) is 0 Å². The molecule has 1 aromatic carbocycles. The Morgan fingerprint density at radius 1 is 1.06 bits per heavy atom. The standard InChI is InChI=1S/C11H12N6O/c12-10-15-9(16-11(13)17-10)7-18-14-6-8-4-2-1-3-5-8/h1-6H,7H2,(H4,12,13,15,16,17)/b14-6-. The van der Waals surface area contributed by atoms with Crippen LogP contribution in [0.4, 0.5) is 11.9 Å². The summed E-state index contributed by atoms with van der Waals surface area (Å²) in [4.78, 5) is 16.4. The van der Waals surface area contributed by atoms with Gasteiger partial charge in [-0.2, -0.15) is 15.0 Å². The van der Waals surface area contributed by atoms with Crippen molar-refractivity contribution in [2.75, 3.05) is 11.5 Å². The summed E-state index contributed by atoms with van der Waals surface area (Å²) in [5.74, 6) is 0.464. The predicted octanol–water partition coefficient (Wildman–Crippen LogP) is 0.587. The molecule has 92 valence electrons. The van der Waals surface area contributed by atoms with E-state index >= 15 is 0 Å². The summed E-state index contributed by atoms with van der Waals surface area (Å²) in [6.07, 6.45) is 1.59. The first-order valence-corrected chi connectivity index (χ1v) is 5.20. The molecule has 0 unspecified atom stereocenters. The summed E-state index contributed by atoms with van der Waals surface area (Å²) >= 11 is 0. The first-order chi connectivity index (χ1) is 8.74. The average molecular weight is 244 g/mol. The highest BCUT2D eigenvalue weighted by Gasteiger charge is 2.01. The molecule has 0 atom stereocenters. The Balaban J connectivity index is 1.90. The average Bonchev–Trinajstić information content (AvgIpc) is 2.35. The molecule has 1 heterocycles. The van der Waals surface area contributed by atoms with Crippen LogP contribution in [0.5, 0.6) is 0 Å². The number of nitrogen functional groups attached to an aromatic ring is 2. The second-order valence-electron chi connectivity index (χ2n) is 3.39. The maximum absolute atomic E-state index is 5.42. The first-order valence-electron chi connectivity index (χ1n) is 5.20. The lowest BCUT2D eigenvalue weighted by atomic mass is 10.2. The minimum atomic E-state index is 0.0631. The number of anilines is 2. The minimum absolute atomic E-state index is 0.0631. The zero-order valence-corrected chi connectivity index (χ0v) is 9.52. The van der Waals surface area contributed by atoms with Gasteiger partial charge in [0.25, 0.3) is 0 Å². The first kappa shape index (κ1) is 11.8. The van der Waals surface area contributed by atoms with E-state index in [1.165, 1.54) is 0 Å². The van der Waals surface area contributed by atoms with Crippen molar-refractivity contribution in [1.82, 2.24) is 15.0 Å². The highest BCUT2D eigenvalue weighted by atomic mass is 16.6. The molecule has 0 aliphatic rings. The highest BCUT2D eigenvalue weighted by molar-refractivity contribution is 5.78. The van der Waals surface area contributed by atoms with Gasteiger partial charge in [-0.1, -0.05) is 35.5 Å². The second-order valence-corrected chi connectivity index (χ2v) is 3.39. The van der Waals surface area contributed by atoms with E-state index in [1.807, 2.05) is 30.3 Å². The van der Waals surface area contributed by atoms with E-state index in [9.17, 15) is 0 Å². The number of aromatic nitrogens is 3. The van der Waals surface area contributed by atoms with Gasteiger partial charge >= 0.3 is 0 Å². The number of nitrogens with zero attached hydrogens (tertiary/aromatic N) is 4. The third-order valence-corrected chi connectivity index (χ3v) is 1.99. The molecule has 2 aromatic rings. The lowest BCUT2D eigenvalue weighted by Crippen LogP contribution is -2.07. The zero-order chi connectivity index (χ0) is 12.8. The van der Waals surface area contributed by atoms with E-state index in [0.29, 0.717) is 5.82 Å². The summed E-state index contributed by atoms with van der Waals surface area (Å²) in [6, 6.07) is 9.57. The van der Waals surface area contributed by atoms with Gasteiger partial charge in [0, 0.05) is 0 Å². The van der Waals surface area contributed by atoms with E-state index in [1.54, 1.807) is 6.21 Å². The second kappa shape index (κ2) is 5.58. The van der Waals surface area contributed by atoms with Gasteiger partial charge in [-0.25, -0.2) is 0 Å². The maximum Gasteiger partial charge on any atom is 0.225 e. The molecule has 0 aliphatic heterocycles. The molecule has 0 spiro atoms. The molecule has 0 fully saturated rings. The molecule has 1 aromatic heterocycles. The SMILES string of the molecule is Nc1nc(N)nc(CO/N=C\c2ccccc2)n1. The van der Waals surface area contributed by atoms with Crippen molar-refractivity contribution in [3.05, 3.63) is 41.7 Å². The monoisotopic (exact) mass is 244 g/mol. The molecular weight excluding hydrogens is 232 g/mol. The van der Waals surface area contributed by atoms with Crippen LogP contribution >= 0.6 is 0 Å². The van der Waals surface area contributed by atoms with Gasteiger partial charge in [0.15, 0.2) is 12.4 Å². The van der Waals surface area contributed by atoms with Crippen LogP contribution < -0.4 is 11.5 Å². The van der Waals surface area contributed by atoms with Gasteiger partial charge in [0.2, 0.25) is 11.9 Å². The third kappa shape index (κ3) is 3.41. The van der Waals surface area contributed by atoms with Crippen LogP contribution in [0.1, 0.15) is 11.4 Å². The highest BCUT2D eigenvalue weighted by Crippen LogP contribution is 2.00. The summed E-state index contributed by atoms with van der Waals surface area (Å²) < 4.78 is 0. The van der Waals surface area contributed by atoms with Crippen molar-refractivity contribution in [3.63, 3.8) is 0 Å². The van der Waals surface area contributed by atoms with Crippen molar-refractivity contribution >= 4 is 18.1 Å². The smallest absolute Gasteiger partial charge is 0.225 e. The number of hydrogen-bond acceptors (Lipinski definition) is 7. The quantitative estimate of drug-likeness (QED) is 0.601. The number of nitrogens with two attached hydrogens (primary N) is 2. The maximum atomic E-state index is 5.42. The molecule has 4 N–H and O–H groups in total. The van der Waals surface area contributed by atoms with Gasteiger partial charge in [0.05, 0.1) is 6.21 Å². The normalized spacial score (nSPS) is 10.7. The van der Waals surface area contributed by atoms with Crippen LogP contribution in [0, 0.1) is 0 Å². The third-order valence-electron chi connectivity index (χ3n) is 1.99. The number of hydrogen-bond donors (Lipinski definition) is 2. The fourth-order valence-corrected chi connectivity index (χ4v) is 1.25. The van der Waals surface area contributed by atoms with E-state index in [-0.39, 0.29) is 18.5 Å². The Labute approximate surface area is 104 Å². The Kier molecular flexibility index (Phi) is 3.65. The van der Waals surface area contributed by atoms with Crippen LogP contribution in [0.15, 0.2) is 35.5 Å². The summed E-state index contributed by atoms with van der Waals surface area (Å²) in [7, 11) is 0. The number of oxime groups is 1. The molecule has 0 radical (unpaired) electrons. The number of rotatable bonds is 4. The molecule has 0 aliphatic carbocycles. The fraction of sp³-hybridized carbons (Fsp3) is 0.0909. The topological polar surface area (TPSA) is 112 Å². The molecule has 0 saturated heterocycles. The van der Waals surface area contributed by atoms with Crippen LogP contribution in [-0.4, -0.2) is 21.2 Å². The minimum Gasteiger partial charge on any atom is -0.388 e. The van der Waals surface area contributed by atoms with Crippen molar-refractivity contribution < 1.29 is 4.84 Å². The van der Waals surface area contributed by atoms with E-state index in [0.717, 1.165) is 5.56 Å². The molecule has 2 rings (SSSR count). The van der Waals surface area contributed by atoms with Gasteiger partial charge in [-0.05, 0) is 5.56 Å². The Hall–Kier alpha value is -2.70. The fourth-order valence-electron chi connectivity index (χ4n) is 1.25. The molecule has 7 heteroatoms. The van der Waals surface area contributed by atoms with Crippen molar-refractivity contribution in [2.24, 2.45) is 5.16 Å². The van der Waals surface area contributed by atoms with Gasteiger partial charge in [0.1, 0.15) is 0 Å². The van der Waals surface area contributed by atoms with Crippen LogP contribution in [0.25, 0.3) is 0 Å². The lowest BCUT2D eigenvalue weighted by Gasteiger charge is -2.00. The van der Waals surface area contributed by atoms with Crippen molar-refractivity contribution in [2.45, 2.75) is 6.61 Å². The summed E-state index contributed by atoms with van der Waals surface area (Å²) in [5, 5.41) is 3.79. The Morgan fingerprint density at radius 2 is 1.72 bits per heavy atom. The van der Waals surface area contributed by atoms with Gasteiger partial charge in [-0.3, -0.25) is 0 Å². The summed E-state index contributed by atoms with van der Waals surface area (Å²) in [6.45, 7) is 0.0836. The van der Waals surface area contributed by atoms with Gasteiger partial charge in [-0.15, -0.1) is 0 Å². The van der Waals surface area contributed by atoms with Crippen LogP contribution in [-0.2, 0) is 11.4 Å². The lowest BCUT2D eigenvalue weighted by molar-refractivity contribution is 0.126. The van der Waals surface area contributed by atoms with Crippen molar-refractivity contribution in [3.8, 4) is 0 Å². The van der Waals surface area contributed by atoms with Crippen LogP contribution in [0.2, 0.25) is 0 Å². The van der Waals surface area contributed by atoms with E-state index in [4.69, 9.17) is 16.3 Å². The molecule has 7 nitrogen and oxygen atoms in total. The Bertz CT molecular complexity index is 522. The molecular formula is C11H12N6O. The molecule has 0 amide bonds. The predicted molar refractivity (Wildman–Crippen MR) is 67.5 cm³/mol. The Morgan fingerprint density at radius 3 is 2.39 bits per heavy atom. The van der Waals surface area contributed by atoms with E-state index < -0.39 is 0 Å².